The van der Waals surface area contributed by atoms with Crippen molar-refractivity contribution in [1.82, 2.24) is 15.2 Å². The molecule has 86 valence electrons. The Kier molecular flexibility index (Phi) is 2.48. The van der Waals surface area contributed by atoms with Gasteiger partial charge >= 0.3 is 0 Å². The molecule has 0 spiro atoms. The van der Waals surface area contributed by atoms with Crippen LogP contribution in [-0.2, 0) is 0 Å². The number of hydrogen-bond acceptors (Lipinski definition) is 3. The van der Waals surface area contributed by atoms with Gasteiger partial charge in [-0.25, -0.2) is 0 Å². The van der Waals surface area contributed by atoms with Crippen LogP contribution in [0.3, 0.4) is 0 Å². The molecule has 0 aliphatic heterocycles. The van der Waals surface area contributed by atoms with Crippen LogP contribution < -0.4 is 0 Å². The Labute approximate surface area is 99.1 Å². The molecule has 2 aromatic heterocycles. The molecule has 4 heteroatoms. The molecule has 1 aliphatic rings. The molecule has 3 rings (SSSR count). The molecule has 0 unspecified atom stereocenters. The lowest BCUT2D eigenvalue weighted by Crippen LogP contribution is -2.11. The SMILES string of the molecule is O=Cc1c(-c2ccncc2)n[nH]c1C1CCC1. The standard InChI is InChI=1S/C13H13N3O/c17-8-11-12(9-2-1-3-9)15-16-13(11)10-4-6-14-7-5-10/h4-9H,1-3H2,(H,15,16). The average Bonchev–Trinajstić information content (AvgIpc) is 2.71. The highest BCUT2D eigenvalue weighted by Gasteiger charge is 2.26. The van der Waals surface area contributed by atoms with E-state index in [1.807, 2.05) is 12.1 Å². The molecule has 4 nitrogen and oxygen atoms in total. The fourth-order valence-corrected chi connectivity index (χ4v) is 2.22. The van der Waals surface area contributed by atoms with E-state index in [0.717, 1.165) is 36.1 Å². The molecular weight excluding hydrogens is 214 g/mol. The van der Waals surface area contributed by atoms with Crippen molar-refractivity contribution in [3.63, 3.8) is 0 Å². The molecule has 1 fully saturated rings. The van der Waals surface area contributed by atoms with Crippen LogP contribution in [0.5, 0.6) is 0 Å². The van der Waals surface area contributed by atoms with Crippen molar-refractivity contribution in [3.05, 3.63) is 35.8 Å². The molecule has 1 saturated carbocycles. The fraction of sp³-hybridized carbons (Fsp3) is 0.308. The van der Waals surface area contributed by atoms with Crippen molar-refractivity contribution in [2.45, 2.75) is 25.2 Å². The van der Waals surface area contributed by atoms with E-state index in [4.69, 9.17) is 0 Å². The number of rotatable bonds is 3. The quantitative estimate of drug-likeness (QED) is 0.820. The normalized spacial score (nSPS) is 15.5. The molecule has 1 N–H and O–H groups in total. The number of pyridine rings is 1. The van der Waals surface area contributed by atoms with Crippen LogP contribution >= 0.6 is 0 Å². The highest BCUT2D eigenvalue weighted by molar-refractivity contribution is 5.87. The Morgan fingerprint density at radius 3 is 2.65 bits per heavy atom. The lowest BCUT2D eigenvalue weighted by molar-refractivity contribution is 0.112. The summed E-state index contributed by atoms with van der Waals surface area (Å²) in [6.45, 7) is 0. The summed E-state index contributed by atoms with van der Waals surface area (Å²) in [6, 6.07) is 3.74. The summed E-state index contributed by atoms with van der Waals surface area (Å²) in [5.41, 5.74) is 3.38. The minimum atomic E-state index is 0.485. The van der Waals surface area contributed by atoms with Crippen LogP contribution in [0.1, 0.15) is 41.2 Å². The van der Waals surface area contributed by atoms with Gasteiger partial charge in [0, 0.05) is 29.6 Å². The molecule has 0 bridgehead atoms. The van der Waals surface area contributed by atoms with E-state index >= 15 is 0 Å². The highest BCUT2D eigenvalue weighted by Crippen LogP contribution is 2.38. The third-order valence-electron chi connectivity index (χ3n) is 3.42. The van der Waals surface area contributed by atoms with Crippen LogP contribution in [0.2, 0.25) is 0 Å². The third kappa shape index (κ3) is 1.65. The summed E-state index contributed by atoms with van der Waals surface area (Å²) in [7, 11) is 0. The summed E-state index contributed by atoms with van der Waals surface area (Å²) in [6.07, 6.45) is 7.88. The molecule has 17 heavy (non-hydrogen) atoms. The summed E-state index contributed by atoms with van der Waals surface area (Å²) in [5, 5.41) is 7.30. The zero-order valence-corrected chi connectivity index (χ0v) is 9.39. The number of aromatic nitrogens is 3. The Morgan fingerprint density at radius 1 is 1.29 bits per heavy atom. The van der Waals surface area contributed by atoms with Crippen LogP contribution in [0, 0.1) is 0 Å². The Balaban J connectivity index is 2.05. The van der Waals surface area contributed by atoms with Crippen molar-refractivity contribution in [2.24, 2.45) is 0 Å². The molecule has 0 radical (unpaired) electrons. The van der Waals surface area contributed by atoms with E-state index in [1.54, 1.807) is 12.4 Å². The summed E-state index contributed by atoms with van der Waals surface area (Å²) in [5.74, 6) is 0.485. The second kappa shape index (κ2) is 4.13. The largest absolute Gasteiger partial charge is 0.298 e. The second-order valence-corrected chi connectivity index (χ2v) is 4.38. The number of carbonyl (C=O) groups excluding carboxylic acids is 1. The maximum Gasteiger partial charge on any atom is 0.154 e. The number of aldehydes is 1. The van der Waals surface area contributed by atoms with Gasteiger partial charge in [0.05, 0.1) is 5.56 Å². The van der Waals surface area contributed by atoms with Crippen molar-refractivity contribution < 1.29 is 4.79 Å². The predicted octanol–water partition coefficient (Wildman–Crippen LogP) is 2.55. The molecule has 1 aliphatic carbocycles. The van der Waals surface area contributed by atoms with Gasteiger partial charge in [-0.1, -0.05) is 6.42 Å². The van der Waals surface area contributed by atoms with Gasteiger partial charge in [0.25, 0.3) is 0 Å². The topological polar surface area (TPSA) is 58.6 Å². The zero-order chi connectivity index (χ0) is 11.7. The van der Waals surface area contributed by atoms with E-state index in [2.05, 4.69) is 15.2 Å². The Bertz CT molecular complexity index is 529. The number of hydrogen-bond donors (Lipinski definition) is 1. The molecule has 0 aromatic carbocycles. The first-order valence-corrected chi connectivity index (χ1v) is 5.84. The fourth-order valence-electron chi connectivity index (χ4n) is 2.22. The summed E-state index contributed by atoms with van der Waals surface area (Å²) >= 11 is 0. The average molecular weight is 227 g/mol. The third-order valence-corrected chi connectivity index (χ3v) is 3.42. The molecule has 2 heterocycles. The monoisotopic (exact) mass is 227 g/mol. The Morgan fingerprint density at radius 2 is 2.06 bits per heavy atom. The van der Waals surface area contributed by atoms with Gasteiger partial charge in [0.15, 0.2) is 6.29 Å². The minimum absolute atomic E-state index is 0.485. The van der Waals surface area contributed by atoms with E-state index in [0.29, 0.717) is 11.5 Å². The number of carbonyl (C=O) groups is 1. The van der Waals surface area contributed by atoms with Gasteiger partial charge < -0.3 is 0 Å². The number of nitrogens with zero attached hydrogens (tertiary/aromatic N) is 2. The first kappa shape index (κ1) is 10.2. The van der Waals surface area contributed by atoms with Crippen LogP contribution in [0.15, 0.2) is 24.5 Å². The van der Waals surface area contributed by atoms with E-state index < -0.39 is 0 Å². The number of nitrogens with one attached hydrogen (secondary N) is 1. The van der Waals surface area contributed by atoms with Gasteiger partial charge in [0.1, 0.15) is 5.69 Å². The van der Waals surface area contributed by atoms with Crippen LogP contribution in [0.4, 0.5) is 0 Å². The summed E-state index contributed by atoms with van der Waals surface area (Å²) in [4.78, 5) is 15.2. The van der Waals surface area contributed by atoms with Gasteiger partial charge in [0.2, 0.25) is 0 Å². The van der Waals surface area contributed by atoms with Crippen molar-refractivity contribution in [3.8, 4) is 11.3 Å². The van der Waals surface area contributed by atoms with Crippen LogP contribution in [-0.4, -0.2) is 21.5 Å². The van der Waals surface area contributed by atoms with E-state index in [-0.39, 0.29) is 0 Å². The number of H-pyrrole nitrogens is 1. The summed E-state index contributed by atoms with van der Waals surface area (Å²) < 4.78 is 0. The first-order chi connectivity index (χ1) is 8.40. The second-order valence-electron chi connectivity index (χ2n) is 4.38. The smallest absolute Gasteiger partial charge is 0.154 e. The van der Waals surface area contributed by atoms with E-state index in [9.17, 15) is 4.79 Å². The van der Waals surface area contributed by atoms with Crippen molar-refractivity contribution in [2.75, 3.05) is 0 Å². The maximum absolute atomic E-state index is 11.3. The zero-order valence-electron chi connectivity index (χ0n) is 9.39. The first-order valence-electron chi connectivity index (χ1n) is 5.84. The maximum atomic E-state index is 11.3. The van der Waals surface area contributed by atoms with Crippen LogP contribution in [0.25, 0.3) is 11.3 Å². The Hall–Kier alpha value is -1.97. The van der Waals surface area contributed by atoms with Crippen molar-refractivity contribution in [1.29, 1.82) is 0 Å². The predicted molar refractivity (Wildman–Crippen MR) is 63.8 cm³/mol. The molecule has 0 saturated heterocycles. The lowest BCUT2D eigenvalue weighted by Gasteiger charge is -2.24. The molecule has 0 amide bonds. The highest BCUT2D eigenvalue weighted by atomic mass is 16.1. The molecule has 0 atom stereocenters. The van der Waals surface area contributed by atoms with Crippen molar-refractivity contribution >= 4 is 6.29 Å². The van der Waals surface area contributed by atoms with Gasteiger partial charge in [-0.15, -0.1) is 0 Å². The van der Waals surface area contributed by atoms with Gasteiger partial charge in [-0.2, -0.15) is 5.10 Å². The molecule has 2 aromatic rings. The van der Waals surface area contributed by atoms with Gasteiger partial charge in [-0.05, 0) is 25.0 Å². The molecular formula is C13H13N3O. The minimum Gasteiger partial charge on any atom is -0.298 e. The van der Waals surface area contributed by atoms with E-state index in [1.165, 1.54) is 6.42 Å². The lowest BCUT2D eigenvalue weighted by atomic mass is 9.81. The van der Waals surface area contributed by atoms with Gasteiger partial charge in [-0.3, -0.25) is 14.9 Å². The number of aromatic amines is 1.